The summed E-state index contributed by atoms with van der Waals surface area (Å²) in [5.41, 5.74) is -2.68. The maximum absolute atomic E-state index is 12.9. The van der Waals surface area contributed by atoms with Gasteiger partial charge in [-0.1, -0.05) is 11.6 Å². The minimum Gasteiger partial charge on any atom is -0.505 e. The van der Waals surface area contributed by atoms with Gasteiger partial charge in [-0.15, -0.1) is 0 Å². The summed E-state index contributed by atoms with van der Waals surface area (Å²) in [7, 11) is 0. The fourth-order valence-electron chi connectivity index (χ4n) is 1.99. The Labute approximate surface area is 133 Å². The van der Waals surface area contributed by atoms with Gasteiger partial charge >= 0.3 is 5.97 Å². The molecule has 0 atom stereocenters. The summed E-state index contributed by atoms with van der Waals surface area (Å²) in [6.45, 7) is 0. The molecule has 0 unspecified atom stereocenters. The van der Waals surface area contributed by atoms with Crippen LogP contribution in [-0.2, 0) is 5.97 Å². The minimum absolute atomic E-state index is 0.0608. The molecule has 124 valence electrons. The molecule has 1 aromatic heterocycles. The second-order valence-electron chi connectivity index (χ2n) is 4.76. The van der Waals surface area contributed by atoms with Crippen molar-refractivity contribution in [1.29, 1.82) is 0 Å². The van der Waals surface area contributed by atoms with Gasteiger partial charge in [-0.25, -0.2) is 4.39 Å². The van der Waals surface area contributed by atoms with Crippen LogP contribution in [0.25, 0.3) is 0 Å². The maximum Gasteiger partial charge on any atom is 0.310 e. The normalized spacial score (nSPS) is 15.0. The second-order valence-corrected chi connectivity index (χ2v) is 5.14. The molecule has 2 rings (SSSR count). The van der Waals surface area contributed by atoms with Crippen LogP contribution < -0.4 is 10.9 Å². The number of pyridine rings is 1. The standard InChI is InChI=1S/C13H12ClFN2O6/c14-8-10(18)7(13(21,22)23)9(17-11(8)19)12(20)16-6-3-1-5(15)2-4-6/h1,3,21-23H,2,4H2,(H,16,20)(H2,17,18,19). The molecule has 1 aliphatic carbocycles. The predicted molar refractivity (Wildman–Crippen MR) is 76.0 cm³/mol. The number of aromatic nitrogens is 1. The largest absolute Gasteiger partial charge is 0.505 e. The molecule has 0 spiro atoms. The molecule has 0 fully saturated rings. The SMILES string of the molecule is O=C(NC1=CC=C(F)CC1)c1[nH]c(=O)c(Cl)c(O)c1C(O)(O)O. The number of H-pyrrole nitrogens is 1. The highest BCUT2D eigenvalue weighted by atomic mass is 35.5. The molecule has 0 aliphatic heterocycles. The van der Waals surface area contributed by atoms with Crippen LogP contribution in [0, 0.1) is 0 Å². The highest BCUT2D eigenvalue weighted by Crippen LogP contribution is 2.32. The Morgan fingerprint density at radius 2 is 1.96 bits per heavy atom. The Hall–Kier alpha value is -2.20. The molecule has 8 nitrogen and oxygen atoms in total. The molecule has 0 bridgehead atoms. The Balaban J connectivity index is 2.46. The molecular formula is C13H12ClFN2O6. The van der Waals surface area contributed by atoms with Crippen LogP contribution in [0.5, 0.6) is 5.75 Å². The third kappa shape index (κ3) is 3.59. The van der Waals surface area contributed by atoms with Crippen LogP contribution >= 0.6 is 11.6 Å². The zero-order chi connectivity index (χ0) is 17.4. The highest BCUT2D eigenvalue weighted by molar-refractivity contribution is 6.32. The van der Waals surface area contributed by atoms with Gasteiger partial charge in [0.1, 0.15) is 22.1 Å². The van der Waals surface area contributed by atoms with Crippen molar-refractivity contribution >= 4 is 17.5 Å². The zero-order valence-corrected chi connectivity index (χ0v) is 12.2. The molecule has 1 amide bonds. The van der Waals surface area contributed by atoms with E-state index in [4.69, 9.17) is 11.6 Å². The molecule has 10 heteroatoms. The smallest absolute Gasteiger partial charge is 0.310 e. The number of hydrogen-bond donors (Lipinski definition) is 6. The number of carbonyl (C=O) groups is 1. The molecule has 23 heavy (non-hydrogen) atoms. The summed E-state index contributed by atoms with van der Waals surface area (Å²) >= 11 is 5.45. The van der Waals surface area contributed by atoms with Crippen molar-refractivity contribution in [2.45, 2.75) is 18.8 Å². The number of hydrogen-bond acceptors (Lipinski definition) is 6. The lowest BCUT2D eigenvalue weighted by Gasteiger charge is -2.20. The van der Waals surface area contributed by atoms with Gasteiger partial charge in [0.05, 0.1) is 0 Å². The highest BCUT2D eigenvalue weighted by Gasteiger charge is 2.35. The molecule has 6 N–H and O–H groups in total. The number of amides is 1. The number of aromatic hydroxyl groups is 1. The summed E-state index contributed by atoms with van der Waals surface area (Å²) in [5.74, 6) is -6.22. The fourth-order valence-corrected chi connectivity index (χ4v) is 2.13. The van der Waals surface area contributed by atoms with Crippen LogP contribution in [0.1, 0.15) is 28.9 Å². The van der Waals surface area contributed by atoms with Crippen LogP contribution in [-0.4, -0.2) is 31.3 Å². The molecule has 0 radical (unpaired) electrons. The van der Waals surface area contributed by atoms with Gasteiger partial charge < -0.3 is 30.7 Å². The average Bonchev–Trinajstić information content (AvgIpc) is 2.45. The van der Waals surface area contributed by atoms with Crippen molar-refractivity contribution in [2.24, 2.45) is 0 Å². The Bertz CT molecular complexity index is 778. The van der Waals surface area contributed by atoms with Gasteiger partial charge in [0.2, 0.25) is 0 Å². The van der Waals surface area contributed by atoms with Crippen molar-refractivity contribution in [3.8, 4) is 5.75 Å². The van der Waals surface area contributed by atoms with E-state index in [9.17, 15) is 34.4 Å². The van der Waals surface area contributed by atoms with E-state index in [1.807, 2.05) is 4.98 Å². The van der Waals surface area contributed by atoms with Gasteiger partial charge in [0.25, 0.3) is 11.5 Å². The van der Waals surface area contributed by atoms with E-state index < -0.39 is 39.5 Å². The number of nitrogens with one attached hydrogen (secondary N) is 2. The molecule has 1 aliphatic rings. The van der Waals surface area contributed by atoms with Gasteiger partial charge in [0, 0.05) is 12.1 Å². The first-order valence-corrected chi connectivity index (χ1v) is 6.68. The van der Waals surface area contributed by atoms with Crippen LogP contribution in [0.3, 0.4) is 0 Å². The average molecular weight is 347 g/mol. The molecule has 0 saturated heterocycles. The van der Waals surface area contributed by atoms with E-state index in [0.29, 0.717) is 0 Å². The lowest BCUT2D eigenvalue weighted by molar-refractivity contribution is -0.324. The van der Waals surface area contributed by atoms with Gasteiger partial charge in [-0.3, -0.25) is 9.59 Å². The topological polar surface area (TPSA) is 143 Å². The number of aliphatic hydroxyl groups is 3. The summed E-state index contributed by atoms with van der Waals surface area (Å²) in [6, 6.07) is 0. The monoisotopic (exact) mass is 346 g/mol. The maximum atomic E-state index is 12.9. The van der Waals surface area contributed by atoms with E-state index in [1.54, 1.807) is 0 Å². The van der Waals surface area contributed by atoms with Crippen LogP contribution in [0.2, 0.25) is 5.02 Å². The lowest BCUT2D eigenvalue weighted by Crippen LogP contribution is -2.34. The number of aromatic amines is 1. The molecule has 0 saturated carbocycles. The summed E-state index contributed by atoms with van der Waals surface area (Å²) in [5, 5.41) is 39.0. The van der Waals surface area contributed by atoms with Crippen molar-refractivity contribution < 1.29 is 29.6 Å². The fraction of sp³-hybridized carbons (Fsp3) is 0.231. The van der Waals surface area contributed by atoms with Crippen LogP contribution in [0.15, 0.2) is 28.5 Å². The number of carbonyl (C=O) groups excluding carboxylic acids is 1. The summed E-state index contributed by atoms with van der Waals surface area (Å²) in [6.07, 6.45) is 2.64. The van der Waals surface area contributed by atoms with E-state index in [2.05, 4.69) is 5.32 Å². The van der Waals surface area contributed by atoms with E-state index in [-0.39, 0.29) is 24.4 Å². The molecule has 1 heterocycles. The summed E-state index contributed by atoms with van der Waals surface area (Å²) < 4.78 is 12.9. The van der Waals surface area contributed by atoms with Crippen molar-refractivity contribution in [3.05, 3.63) is 50.3 Å². The zero-order valence-electron chi connectivity index (χ0n) is 11.4. The molecular weight excluding hydrogens is 335 g/mol. The Kier molecular flexibility index (Phi) is 4.57. The lowest BCUT2D eigenvalue weighted by atomic mass is 10.1. The van der Waals surface area contributed by atoms with E-state index in [1.165, 1.54) is 6.08 Å². The van der Waals surface area contributed by atoms with Crippen molar-refractivity contribution in [2.75, 3.05) is 0 Å². The van der Waals surface area contributed by atoms with E-state index in [0.717, 1.165) is 6.08 Å². The third-order valence-electron chi connectivity index (χ3n) is 3.07. The number of allylic oxidation sites excluding steroid dienone is 4. The van der Waals surface area contributed by atoms with Gasteiger partial charge in [-0.05, 0) is 18.6 Å². The number of halogens is 2. The second kappa shape index (κ2) is 6.13. The first kappa shape index (κ1) is 17.2. The Morgan fingerprint density at radius 1 is 1.30 bits per heavy atom. The summed E-state index contributed by atoms with van der Waals surface area (Å²) in [4.78, 5) is 25.6. The van der Waals surface area contributed by atoms with Crippen molar-refractivity contribution in [3.63, 3.8) is 0 Å². The molecule has 0 aromatic carbocycles. The van der Waals surface area contributed by atoms with Gasteiger partial charge in [0.15, 0.2) is 5.75 Å². The van der Waals surface area contributed by atoms with E-state index >= 15 is 0 Å². The minimum atomic E-state index is -3.63. The Morgan fingerprint density at radius 3 is 2.48 bits per heavy atom. The third-order valence-corrected chi connectivity index (χ3v) is 3.42. The van der Waals surface area contributed by atoms with Crippen molar-refractivity contribution in [1.82, 2.24) is 10.3 Å². The predicted octanol–water partition coefficient (Wildman–Crippen LogP) is 0.0820. The number of rotatable bonds is 3. The first-order valence-electron chi connectivity index (χ1n) is 6.30. The van der Waals surface area contributed by atoms with Gasteiger partial charge in [-0.2, -0.15) is 0 Å². The van der Waals surface area contributed by atoms with Crippen LogP contribution in [0.4, 0.5) is 4.39 Å². The first-order chi connectivity index (χ1) is 10.6. The quantitative estimate of drug-likeness (QED) is 0.428. The molecule has 1 aromatic rings.